The number of carbonyl (C=O) groups excluding carboxylic acids is 2. The Bertz CT molecular complexity index is 1920. The minimum absolute atomic E-state index is 0.0408. The Morgan fingerprint density at radius 2 is 1.16 bits per heavy atom. The van der Waals surface area contributed by atoms with Gasteiger partial charge in [-0.15, -0.1) is 11.6 Å². The molecule has 4 aromatic rings. The Morgan fingerprint density at radius 1 is 0.714 bits per heavy atom. The summed E-state index contributed by atoms with van der Waals surface area (Å²) in [5.74, 6) is -0.221. The average Bonchev–Trinajstić information content (AvgIpc) is 3.04. The molecule has 0 unspecified atom stereocenters. The van der Waals surface area contributed by atoms with E-state index in [4.69, 9.17) is 55.2 Å². The van der Waals surface area contributed by atoms with Crippen molar-refractivity contribution in [2.75, 3.05) is 0 Å². The van der Waals surface area contributed by atoms with Crippen LogP contribution in [0.2, 0.25) is 10.0 Å². The smallest absolute Gasteiger partial charge is 0.416 e. The number of nitriles is 2. The van der Waals surface area contributed by atoms with Crippen LogP contribution in [0.4, 0.5) is 26.3 Å². The highest BCUT2D eigenvalue weighted by atomic mass is 35.5. The maximum Gasteiger partial charge on any atom is 0.416 e. The zero-order valence-electron chi connectivity index (χ0n) is 25.3. The van der Waals surface area contributed by atoms with E-state index in [0.29, 0.717) is 39.8 Å². The lowest BCUT2D eigenvalue weighted by molar-refractivity contribution is -0.138. The van der Waals surface area contributed by atoms with E-state index in [1.54, 1.807) is 24.3 Å². The number of ether oxygens (including phenoxy) is 1. The number of hydrogen-bond acceptors (Lipinski definition) is 6. The standard InChI is InChI=1S/C17H11ClF3NO2.C10H8ClNO.C7H4ClF3O/c1-10(23)13-5-11(8-22)4-12(6-13)9-24-16-3-2-14(7-15(16)18)17(19,20)21;1-7(13)10-3-8(5-11)2-9(4-10)6-12;8-5-3-4(7(9,10)11)1-2-6(5)12/h2-7H,9H2,1H3;2-4H,5H2,1H3;1-3,12H. The molecule has 4 aromatic carbocycles. The zero-order valence-corrected chi connectivity index (χ0v) is 27.6. The molecule has 0 aliphatic carbocycles. The van der Waals surface area contributed by atoms with Crippen LogP contribution < -0.4 is 4.74 Å². The molecule has 49 heavy (non-hydrogen) atoms. The fraction of sp³-hybridized carbons (Fsp3) is 0.176. The maximum absolute atomic E-state index is 12.6. The molecule has 0 saturated carbocycles. The van der Waals surface area contributed by atoms with Gasteiger partial charge in [0.2, 0.25) is 0 Å². The second kappa shape index (κ2) is 17.6. The van der Waals surface area contributed by atoms with Crippen LogP contribution in [0.25, 0.3) is 0 Å². The first-order valence-electron chi connectivity index (χ1n) is 13.5. The number of ketones is 2. The van der Waals surface area contributed by atoms with Gasteiger partial charge in [0.05, 0.1) is 44.4 Å². The molecule has 0 aliphatic rings. The fourth-order valence-electron chi connectivity index (χ4n) is 3.72. The Balaban J connectivity index is 0.000000281. The van der Waals surface area contributed by atoms with Gasteiger partial charge in [-0.05, 0) is 97.8 Å². The normalized spacial score (nSPS) is 10.7. The second-order valence-electron chi connectivity index (χ2n) is 9.90. The van der Waals surface area contributed by atoms with Gasteiger partial charge in [0.25, 0.3) is 0 Å². The van der Waals surface area contributed by atoms with Crippen molar-refractivity contribution in [1.82, 2.24) is 0 Å². The summed E-state index contributed by atoms with van der Waals surface area (Å²) in [5.41, 5.74) is 1.25. The summed E-state index contributed by atoms with van der Waals surface area (Å²) in [6.45, 7) is 2.79. The lowest BCUT2D eigenvalue weighted by Crippen LogP contribution is -2.05. The molecule has 0 radical (unpaired) electrons. The molecule has 0 aromatic heterocycles. The van der Waals surface area contributed by atoms with Gasteiger partial charge in [-0.1, -0.05) is 23.2 Å². The van der Waals surface area contributed by atoms with Crippen LogP contribution in [0.3, 0.4) is 0 Å². The maximum atomic E-state index is 12.6. The van der Waals surface area contributed by atoms with Crippen LogP contribution >= 0.6 is 34.8 Å². The summed E-state index contributed by atoms with van der Waals surface area (Å²) in [6, 6.07) is 18.6. The van der Waals surface area contributed by atoms with Crippen LogP contribution in [0.1, 0.15) is 67.9 Å². The highest BCUT2D eigenvalue weighted by Crippen LogP contribution is 2.35. The van der Waals surface area contributed by atoms with Gasteiger partial charge in [-0.3, -0.25) is 9.59 Å². The Hall–Kier alpha value is -4.75. The number of Topliss-reactive ketones (excluding diaryl/α,β-unsaturated/α-hetero) is 2. The molecule has 0 bridgehead atoms. The third-order valence-corrected chi connectivity index (χ3v) is 7.05. The Labute approximate surface area is 291 Å². The first kappa shape index (κ1) is 40.4. The number of nitrogens with zero attached hydrogens (tertiary/aromatic N) is 2. The van der Waals surface area contributed by atoms with Crippen molar-refractivity contribution >= 4 is 46.4 Å². The molecule has 0 amide bonds. The minimum atomic E-state index is -4.49. The third-order valence-electron chi connectivity index (χ3n) is 6.14. The van der Waals surface area contributed by atoms with Crippen molar-refractivity contribution in [3.8, 4) is 23.6 Å². The monoisotopic (exact) mass is 742 g/mol. The van der Waals surface area contributed by atoms with Gasteiger partial charge in [0.15, 0.2) is 11.6 Å². The highest BCUT2D eigenvalue weighted by Gasteiger charge is 2.31. The van der Waals surface area contributed by atoms with E-state index in [-0.39, 0.29) is 39.7 Å². The highest BCUT2D eigenvalue weighted by molar-refractivity contribution is 6.32. The van der Waals surface area contributed by atoms with E-state index in [2.05, 4.69) is 0 Å². The number of phenolic OH excluding ortho intramolecular Hbond substituents is 1. The molecule has 1 N–H and O–H groups in total. The molecule has 0 fully saturated rings. The molecule has 6 nitrogen and oxygen atoms in total. The molecule has 4 rings (SSSR count). The van der Waals surface area contributed by atoms with Gasteiger partial charge in [0, 0.05) is 17.0 Å². The van der Waals surface area contributed by atoms with E-state index in [1.807, 2.05) is 12.1 Å². The number of hydrogen-bond donors (Lipinski definition) is 1. The number of halogens is 9. The van der Waals surface area contributed by atoms with Gasteiger partial charge in [-0.25, -0.2) is 0 Å². The van der Waals surface area contributed by atoms with Crippen LogP contribution in [-0.4, -0.2) is 16.7 Å². The molecule has 0 atom stereocenters. The SMILES string of the molecule is CC(=O)c1cc(C#N)cc(CCl)c1.CC(=O)c1cc(C#N)cc(COc2ccc(C(F)(F)F)cc2Cl)c1.Oc1ccc(C(F)(F)F)cc1Cl. The van der Waals surface area contributed by atoms with Crippen LogP contribution in [0.5, 0.6) is 11.5 Å². The summed E-state index contributed by atoms with van der Waals surface area (Å²) in [7, 11) is 0. The Morgan fingerprint density at radius 3 is 1.57 bits per heavy atom. The van der Waals surface area contributed by atoms with Crippen molar-refractivity contribution in [2.45, 2.75) is 38.7 Å². The predicted molar refractivity (Wildman–Crippen MR) is 171 cm³/mol. The topological polar surface area (TPSA) is 111 Å². The molecule has 256 valence electrons. The van der Waals surface area contributed by atoms with Crippen molar-refractivity contribution < 1.29 is 45.8 Å². The lowest BCUT2D eigenvalue weighted by atomic mass is 10.0. The molecular formula is C34H23Cl3F6N2O4. The first-order chi connectivity index (χ1) is 22.8. The van der Waals surface area contributed by atoms with Crippen molar-refractivity contribution in [1.29, 1.82) is 10.5 Å². The zero-order chi connectivity index (χ0) is 37.1. The molecule has 0 saturated heterocycles. The number of phenols is 1. The van der Waals surface area contributed by atoms with E-state index in [1.165, 1.54) is 26.0 Å². The minimum Gasteiger partial charge on any atom is -0.506 e. The predicted octanol–water partition coefficient (Wildman–Crippen LogP) is 10.6. The quantitative estimate of drug-likeness (QED) is 0.120. The van der Waals surface area contributed by atoms with Crippen molar-refractivity contribution in [2.24, 2.45) is 0 Å². The average molecular weight is 744 g/mol. The molecule has 0 heterocycles. The van der Waals surface area contributed by atoms with Gasteiger partial charge >= 0.3 is 12.4 Å². The largest absolute Gasteiger partial charge is 0.506 e. The molecule has 15 heteroatoms. The van der Waals surface area contributed by atoms with E-state index in [0.717, 1.165) is 35.9 Å². The number of aromatic hydroxyl groups is 1. The molecule has 0 aliphatic heterocycles. The van der Waals surface area contributed by atoms with Crippen molar-refractivity contribution in [3.63, 3.8) is 0 Å². The second-order valence-corrected chi connectivity index (χ2v) is 11.0. The summed E-state index contributed by atoms with van der Waals surface area (Å²) in [4.78, 5) is 22.5. The molecular weight excluding hydrogens is 721 g/mol. The van der Waals surface area contributed by atoms with Crippen LogP contribution in [0.15, 0.2) is 72.8 Å². The summed E-state index contributed by atoms with van der Waals surface area (Å²) in [6.07, 6.45) is -8.91. The Kier molecular flexibility index (Phi) is 14.5. The van der Waals surface area contributed by atoms with Gasteiger partial charge in [-0.2, -0.15) is 36.9 Å². The summed E-state index contributed by atoms with van der Waals surface area (Å²) in [5, 5.41) is 26.0. The van der Waals surface area contributed by atoms with Crippen LogP contribution in [-0.2, 0) is 24.8 Å². The number of alkyl halides is 7. The van der Waals surface area contributed by atoms with E-state index < -0.39 is 23.5 Å². The molecule has 0 spiro atoms. The number of rotatable bonds is 6. The third kappa shape index (κ3) is 12.7. The van der Waals surface area contributed by atoms with Crippen molar-refractivity contribution in [3.05, 3.63) is 127 Å². The van der Waals surface area contributed by atoms with Gasteiger partial charge in [0.1, 0.15) is 18.1 Å². The van der Waals surface area contributed by atoms with E-state index in [9.17, 15) is 35.9 Å². The number of carbonyl (C=O) groups is 2. The summed E-state index contributed by atoms with van der Waals surface area (Å²) >= 11 is 16.7. The number of benzene rings is 4. The van der Waals surface area contributed by atoms with Crippen LogP contribution in [0, 0.1) is 22.7 Å². The summed E-state index contributed by atoms with van der Waals surface area (Å²) < 4.78 is 79.1. The van der Waals surface area contributed by atoms with Gasteiger partial charge < -0.3 is 9.84 Å². The first-order valence-corrected chi connectivity index (χ1v) is 14.8. The lowest BCUT2D eigenvalue weighted by Gasteiger charge is -2.12. The fourth-order valence-corrected chi connectivity index (χ4v) is 4.29. The van der Waals surface area contributed by atoms with E-state index >= 15 is 0 Å².